The van der Waals surface area contributed by atoms with Gasteiger partial charge in [0.2, 0.25) is 0 Å². The van der Waals surface area contributed by atoms with Gasteiger partial charge in [-0.05, 0) is 74.9 Å². The third kappa shape index (κ3) is 2.78. The van der Waals surface area contributed by atoms with Crippen molar-refractivity contribution in [2.75, 3.05) is 0 Å². The van der Waals surface area contributed by atoms with E-state index in [1.807, 2.05) is 6.07 Å². The lowest BCUT2D eigenvalue weighted by Gasteiger charge is -2.12. The molecule has 0 aliphatic carbocycles. The van der Waals surface area contributed by atoms with Gasteiger partial charge in [-0.15, -0.1) is 0 Å². The van der Waals surface area contributed by atoms with Crippen LogP contribution >= 0.6 is 54.6 Å². The van der Waals surface area contributed by atoms with E-state index in [-0.39, 0.29) is 6.61 Å². The molecule has 1 aromatic rings. The predicted octanol–water partition coefficient (Wildman–Crippen LogP) is 3.00. The van der Waals surface area contributed by atoms with Gasteiger partial charge in [0.15, 0.2) is 0 Å². The summed E-state index contributed by atoms with van der Waals surface area (Å²) in [4.78, 5) is 0. The van der Waals surface area contributed by atoms with Crippen molar-refractivity contribution >= 4 is 54.6 Å². The van der Waals surface area contributed by atoms with E-state index in [1.54, 1.807) is 0 Å². The van der Waals surface area contributed by atoms with Gasteiger partial charge in [-0.25, -0.2) is 0 Å². The van der Waals surface area contributed by atoms with Crippen LogP contribution in [0.15, 0.2) is 6.07 Å². The van der Waals surface area contributed by atoms with Crippen LogP contribution in [-0.4, -0.2) is 5.11 Å². The van der Waals surface area contributed by atoms with Crippen LogP contribution in [0.3, 0.4) is 0 Å². The monoisotopic (exact) mass is 436 g/mol. The molecule has 14 heavy (non-hydrogen) atoms. The van der Waals surface area contributed by atoms with Crippen molar-refractivity contribution in [2.24, 2.45) is 0 Å². The fraction of sp³-hybridized carbons (Fsp3) is 0.333. The molecule has 0 aliphatic rings. The number of hydrogen-bond donors (Lipinski definition) is 1. The minimum Gasteiger partial charge on any atom is -0.392 e. The Balaban J connectivity index is 3.25. The minimum atomic E-state index is 0.0818. The van der Waals surface area contributed by atoms with Gasteiger partial charge in [-0.2, -0.15) is 0 Å². The predicted molar refractivity (Wildman–Crippen MR) is 77.0 cm³/mol. The van der Waals surface area contributed by atoms with E-state index in [2.05, 4.69) is 61.6 Å². The standard InChI is InChI=1S/C9H11I2O2P/c1-5-7(4-13-14)2-6(3-12)9(11)8(5)10/h2,12H,3-4,14H2,1H3. The smallest absolute Gasteiger partial charge is 0.0755 e. The summed E-state index contributed by atoms with van der Waals surface area (Å²) in [5.74, 6) is 0. The molecule has 0 amide bonds. The van der Waals surface area contributed by atoms with Gasteiger partial charge in [-0.1, -0.05) is 0 Å². The third-order valence-electron chi connectivity index (χ3n) is 2.04. The number of hydrogen-bond acceptors (Lipinski definition) is 2. The largest absolute Gasteiger partial charge is 0.392 e. The van der Waals surface area contributed by atoms with E-state index in [9.17, 15) is 5.11 Å². The van der Waals surface area contributed by atoms with Gasteiger partial charge in [0.05, 0.1) is 13.2 Å². The molecule has 1 rings (SSSR count). The molecule has 2 nitrogen and oxygen atoms in total. The second kappa shape index (κ2) is 5.94. The molecule has 0 spiro atoms. The maximum atomic E-state index is 9.17. The number of rotatable bonds is 3. The molecule has 0 fully saturated rings. The molecule has 1 N–H and O–H groups in total. The van der Waals surface area contributed by atoms with Crippen LogP contribution in [0.5, 0.6) is 0 Å². The van der Waals surface area contributed by atoms with Crippen LogP contribution < -0.4 is 0 Å². The van der Waals surface area contributed by atoms with Crippen LogP contribution in [0.2, 0.25) is 0 Å². The van der Waals surface area contributed by atoms with E-state index in [0.29, 0.717) is 6.61 Å². The Labute approximate surface area is 113 Å². The van der Waals surface area contributed by atoms with Crippen LogP contribution in [0.4, 0.5) is 0 Å². The molecule has 0 bridgehead atoms. The molecule has 0 aliphatic heterocycles. The van der Waals surface area contributed by atoms with Gasteiger partial charge in [0.1, 0.15) is 0 Å². The SMILES string of the molecule is Cc1c(COP)cc(CO)c(I)c1I. The molecule has 1 aromatic carbocycles. The topological polar surface area (TPSA) is 29.5 Å². The van der Waals surface area contributed by atoms with Crippen molar-refractivity contribution in [2.45, 2.75) is 20.1 Å². The number of benzene rings is 1. The van der Waals surface area contributed by atoms with Crippen LogP contribution in [0.25, 0.3) is 0 Å². The zero-order valence-corrected chi connectivity index (χ0v) is 13.2. The van der Waals surface area contributed by atoms with Crippen molar-refractivity contribution in [3.8, 4) is 0 Å². The zero-order chi connectivity index (χ0) is 10.7. The molecule has 0 radical (unpaired) electrons. The van der Waals surface area contributed by atoms with Crippen LogP contribution in [0, 0.1) is 14.1 Å². The molecule has 1 atom stereocenters. The number of aliphatic hydroxyl groups is 1. The van der Waals surface area contributed by atoms with Crippen molar-refractivity contribution in [1.82, 2.24) is 0 Å². The second-order valence-corrected chi connectivity index (χ2v) is 5.41. The highest BCUT2D eigenvalue weighted by atomic mass is 127. The van der Waals surface area contributed by atoms with Crippen molar-refractivity contribution in [3.63, 3.8) is 0 Å². The fourth-order valence-electron chi connectivity index (χ4n) is 1.18. The Morgan fingerprint density at radius 3 is 2.50 bits per heavy atom. The van der Waals surface area contributed by atoms with E-state index < -0.39 is 0 Å². The first-order chi connectivity index (χ1) is 6.61. The highest BCUT2D eigenvalue weighted by Gasteiger charge is 2.10. The zero-order valence-electron chi connectivity index (χ0n) is 7.68. The van der Waals surface area contributed by atoms with Gasteiger partial charge in [-0.3, -0.25) is 0 Å². The van der Waals surface area contributed by atoms with Gasteiger partial charge < -0.3 is 9.63 Å². The van der Waals surface area contributed by atoms with E-state index in [1.165, 1.54) is 9.13 Å². The molecule has 0 saturated carbocycles. The first-order valence-electron chi connectivity index (χ1n) is 4.00. The van der Waals surface area contributed by atoms with E-state index in [0.717, 1.165) is 14.7 Å². The summed E-state index contributed by atoms with van der Waals surface area (Å²) in [5, 5.41) is 9.17. The van der Waals surface area contributed by atoms with Crippen LogP contribution in [0.1, 0.15) is 16.7 Å². The number of aliphatic hydroxyl groups excluding tert-OH is 1. The normalized spacial score (nSPS) is 10.6. The summed E-state index contributed by atoms with van der Waals surface area (Å²) in [5.41, 5.74) is 3.33. The van der Waals surface area contributed by atoms with Crippen molar-refractivity contribution in [1.29, 1.82) is 0 Å². The second-order valence-electron chi connectivity index (χ2n) is 2.92. The molecule has 0 saturated heterocycles. The Hall–Kier alpha value is 1.03. The molecule has 78 valence electrons. The Kier molecular flexibility index (Phi) is 5.55. The summed E-state index contributed by atoms with van der Waals surface area (Å²) in [7, 11) is 2.24. The first-order valence-corrected chi connectivity index (χ1v) is 6.63. The maximum absolute atomic E-state index is 9.17. The summed E-state index contributed by atoms with van der Waals surface area (Å²) in [6.45, 7) is 2.72. The molecule has 5 heteroatoms. The lowest BCUT2D eigenvalue weighted by atomic mass is 10.1. The van der Waals surface area contributed by atoms with E-state index in [4.69, 9.17) is 4.52 Å². The lowest BCUT2D eigenvalue weighted by Crippen LogP contribution is -2.00. The summed E-state index contributed by atoms with van der Waals surface area (Å²) in [6, 6.07) is 2.00. The Bertz CT molecular complexity index is 342. The summed E-state index contributed by atoms with van der Waals surface area (Å²) < 4.78 is 7.37. The highest BCUT2D eigenvalue weighted by molar-refractivity contribution is 14.1. The quantitative estimate of drug-likeness (QED) is 0.584. The molecule has 0 heterocycles. The van der Waals surface area contributed by atoms with Gasteiger partial charge in [0.25, 0.3) is 0 Å². The highest BCUT2D eigenvalue weighted by Crippen LogP contribution is 2.27. The Morgan fingerprint density at radius 2 is 2.00 bits per heavy atom. The van der Waals surface area contributed by atoms with Gasteiger partial charge in [0, 0.05) is 16.6 Å². The van der Waals surface area contributed by atoms with E-state index >= 15 is 0 Å². The molecule has 0 aromatic heterocycles. The molecular weight excluding hydrogens is 425 g/mol. The lowest BCUT2D eigenvalue weighted by molar-refractivity contribution is 0.280. The summed E-state index contributed by atoms with van der Waals surface area (Å²) in [6.07, 6.45) is 0. The van der Waals surface area contributed by atoms with Crippen molar-refractivity contribution < 1.29 is 9.63 Å². The fourth-order valence-corrected chi connectivity index (χ4v) is 2.79. The van der Waals surface area contributed by atoms with Gasteiger partial charge >= 0.3 is 0 Å². The van der Waals surface area contributed by atoms with Crippen molar-refractivity contribution in [3.05, 3.63) is 29.9 Å². The molecular formula is C9H11I2O2P. The average Bonchev–Trinajstić information content (AvgIpc) is 2.19. The third-order valence-corrected chi connectivity index (χ3v) is 5.82. The Morgan fingerprint density at radius 1 is 1.36 bits per heavy atom. The van der Waals surface area contributed by atoms with Crippen LogP contribution in [-0.2, 0) is 17.7 Å². The average molecular weight is 436 g/mol. The minimum absolute atomic E-state index is 0.0818. The summed E-state index contributed by atoms with van der Waals surface area (Å²) >= 11 is 4.56. The molecule has 1 unspecified atom stereocenters. The first kappa shape index (κ1) is 13.1. The maximum Gasteiger partial charge on any atom is 0.0755 e. The number of halogens is 2.